The zero-order valence-electron chi connectivity index (χ0n) is 9.71. The van der Waals surface area contributed by atoms with Crippen LogP contribution in [0.5, 0.6) is 5.75 Å². The number of phenols is 1. The lowest BCUT2D eigenvalue weighted by Gasteiger charge is -2.00. The Morgan fingerprint density at radius 1 is 1.06 bits per heavy atom. The topological polar surface area (TPSA) is 49.3 Å². The molecule has 0 amide bonds. The molecule has 0 saturated heterocycles. The predicted molar refractivity (Wildman–Crippen MR) is 71.6 cm³/mol. The van der Waals surface area contributed by atoms with Gasteiger partial charge in [0.25, 0.3) is 0 Å². The van der Waals surface area contributed by atoms with E-state index in [-0.39, 0.29) is 11.5 Å². The highest BCUT2D eigenvalue weighted by Crippen LogP contribution is 2.15. The molecule has 2 N–H and O–H groups in total. The van der Waals surface area contributed by atoms with Crippen LogP contribution in [0.15, 0.2) is 66.9 Å². The van der Waals surface area contributed by atoms with Crippen LogP contribution in [0.25, 0.3) is 0 Å². The van der Waals surface area contributed by atoms with Crippen molar-refractivity contribution in [2.45, 2.75) is 0 Å². The van der Waals surface area contributed by atoms with Crippen LogP contribution in [-0.2, 0) is 0 Å². The van der Waals surface area contributed by atoms with Gasteiger partial charge in [0.15, 0.2) is 5.78 Å². The third kappa shape index (κ3) is 3.22. The summed E-state index contributed by atoms with van der Waals surface area (Å²) in [4.78, 5) is 11.7. The molecule has 0 heterocycles. The van der Waals surface area contributed by atoms with Crippen molar-refractivity contribution >= 4 is 11.5 Å². The van der Waals surface area contributed by atoms with E-state index in [0.29, 0.717) is 5.56 Å². The molecule has 0 aliphatic heterocycles. The molecule has 0 unspecified atom stereocenters. The van der Waals surface area contributed by atoms with Gasteiger partial charge in [-0.15, -0.1) is 0 Å². The van der Waals surface area contributed by atoms with Crippen molar-refractivity contribution < 1.29 is 9.90 Å². The van der Waals surface area contributed by atoms with Gasteiger partial charge < -0.3 is 10.4 Å². The molecule has 18 heavy (non-hydrogen) atoms. The Bertz CT molecular complexity index is 562. The zero-order valence-corrected chi connectivity index (χ0v) is 9.71. The highest BCUT2D eigenvalue weighted by molar-refractivity contribution is 6.04. The summed E-state index contributed by atoms with van der Waals surface area (Å²) in [5, 5.41) is 12.2. The average molecular weight is 239 g/mol. The highest BCUT2D eigenvalue weighted by Gasteiger charge is 1.98. The number of benzene rings is 2. The summed E-state index contributed by atoms with van der Waals surface area (Å²) in [6.45, 7) is 0. The second-order valence-electron chi connectivity index (χ2n) is 3.76. The van der Waals surface area contributed by atoms with E-state index < -0.39 is 0 Å². The van der Waals surface area contributed by atoms with Crippen molar-refractivity contribution in [1.29, 1.82) is 0 Å². The zero-order chi connectivity index (χ0) is 12.8. The number of aromatic hydroxyl groups is 1. The van der Waals surface area contributed by atoms with E-state index in [1.54, 1.807) is 42.6 Å². The number of allylic oxidation sites excluding steroid dienone is 1. The van der Waals surface area contributed by atoms with E-state index in [9.17, 15) is 9.90 Å². The Hall–Kier alpha value is -2.55. The van der Waals surface area contributed by atoms with Crippen LogP contribution >= 0.6 is 0 Å². The molecule has 0 spiro atoms. The van der Waals surface area contributed by atoms with Gasteiger partial charge in [-0.3, -0.25) is 4.79 Å². The number of phenolic OH excluding ortho intramolecular Hbond substituents is 1. The van der Waals surface area contributed by atoms with Crippen LogP contribution in [0.4, 0.5) is 5.69 Å². The Labute approximate surface area is 105 Å². The first-order valence-electron chi connectivity index (χ1n) is 5.57. The van der Waals surface area contributed by atoms with Gasteiger partial charge >= 0.3 is 0 Å². The number of anilines is 1. The predicted octanol–water partition coefficient (Wildman–Crippen LogP) is 3.20. The fourth-order valence-corrected chi connectivity index (χ4v) is 1.51. The van der Waals surface area contributed by atoms with Gasteiger partial charge in [-0.2, -0.15) is 0 Å². The van der Waals surface area contributed by atoms with Gasteiger partial charge in [-0.05, 0) is 12.1 Å². The first kappa shape index (κ1) is 11.9. The molecule has 0 aromatic heterocycles. The van der Waals surface area contributed by atoms with Crippen LogP contribution in [0.1, 0.15) is 10.4 Å². The van der Waals surface area contributed by atoms with Crippen LogP contribution in [0, 0.1) is 0 Å². The number of carbonyl (C=O) groups is 1. The SMILES string of the molecule is O=C(/C=C\Nc1cccc(O)c1)c1ccccc1. The molecule has 0 aliphatic carbocycles. The Morgan fingerprint density at radius 3 is 2.56 bits per heavy atom. The second-order valence-corrected chi connectivity index (χ2v) is 3.76. The lowest BCUT2D eigenvalue weighted by atomic mass is 10.1. The van der Waals surface area contributed by atoms with E-state index >= 15 is 0 Å². The average Bonchev–Trinajstić information content (AvgIpc) is 2.40. The maximum atomic E-state index is 11.7. The molecule has 2 aromatic rings. The number of rotatable bonds is 4. The number of hydrogen-bond acceptors (Lipinski definition) is 3. The van der Waals surface area contributed by atoms with E-state index in [4.69, 9.17) is 0 Å². The number of carbonyl (C=O) groups excluding carboxylic acids is 1. The van der Waals surface area contributed by atoms with Crippen LogP contribution in [0.2, 0.25) is 0 Å². The first-order chi connectivity index (χ1) is 8.75. The van der Waals surface area contributed by atoms with Crippen molar-refractivity contribution in [2.24, 2.45) is 0 Å². The van der Waals surface area contributed by atoms with E-state index in [1.807, 2.05) is 18.2 Å². The summed E-state index contributed by atoms with van der Waals surface area (Å²) in [5.41, 5.74) is 1.37. The molecule has 0 radical (unpaired) electrons. The molecule has 3 heteroatoms. The van der Waals surface area contributed by atoms with Crippen molar-refractivity contribution in [3.8, 4) is 5.75 Å². The van der Waals surface area contributed by atoms with Crippen molar-refractivity contribution in [3.63, 3.8) is 0 Å². The minimum atomic E-state index is -0.0664. The molecule has 3 nitrogen and oxygen atoms in total. The molecule has 90 valence electrons. The minimum Gasteiger partial charge on any atom is -0.508 e. The number of ketones is 1. The monoisotopic (exact) mass is 239 g/mol. The van der Waals surface area contributed by atoms with E-state index in [1.165, 1.54) is 6.08 Å². The molecule has 2 aromatic carbocycles. The molecular formula is C15H13NO2. The Balaban J connectivity index is 1.98. The second kappa shape index (κ2) is 5.68. The van der Waals surface area contributed by atoms with Gasteiger partial charge in [0.2, 0.25) is 0 Å². The van der Waals surface area contributed by atoms with Crippen molar-refractivity contribution in [2.75, 3.05) is 5.32 Å². The van der Waals surface area contributed by atoms with Gasteiger partial charge in [-0.1, -0.05) is 36.4 Å². The lowest BCUT2D eigenvalue weighted by Crippen LogP contribution is -1.95. The molecule has 0 aliphatic rings. The van der Waals surface area contributed by atoms with Crippen LogP contribution in [-0.4, -0.2) is 10.9 Å². The maximum absolute atomic E-state index is 11.7. The van der Waals surface area contributed by atoms with Crippen molar-refractivity contribution in [3.05, 3.63) is 72.4 Å². The fraction of sp³-hybridized carbons (Fsp3) is 0. The summed E-state index contributed by atoms with van der Waals surface area (Å²) < 4.78 is 0. The normalized spacial score (nSPS) is 10.4. The lowest BCUT2D eigenvalue weighted by molar-refractivity contribution is 0.104. The van der Waals surface area contributed by atoms with Gasteiger partial charge in [-0.25, -0.2) is 0 Å². The summed E-state index contributed by atoms with van der Waals surface area (Å²) in [5.74, 6) is 0.117. The first-order valence-corrected chi connectivity index (χ1v) is 5.57. The summed E-state index contributed by atoms with van der Waals surface area (Å²) in [6.07, 6.45) is 3.02. The van der Waals surface area contributed by atoms with Gasteiger partial charge in [0, 0.05) is 29.6 Å². The van der Waals surface area contributed by atoms with Gasteiger partial charge in [0.05, 0.1) is 0 Å². The largest absolute Gasteiger partial charge is 0.508 e. The quantitative estimate of drug-likeness (QED) is 0.636. The Morgan fingerprint density at radius 2 is 1.83 bits per heavy atom. The summed E-state index contributed by atoms with van der Waals surface area (Å²) in [7, 11) is 0. The van der Waals surface area contributed by atoms with E-state index in [0.717, 1.165) is 5.69 Å². The summed E-state index contributed by atoms with van der Waals surface area (Å²) in [6, 6.07) is 15.7. The molecular weight excluding hydrogens is 226 g/mol. The van der Waals surface area contributed by atoms with Crippen molar-refractivity contribution in [1.82, 2.24) is 0 Å². The van der Waals surface area contributed by atoms with Crippen LogP contribution in [0.3, 0.4) is 0 Å². The molecule has 0 bridgehead atoms. The molecule has 0 atom stereocenters. The number of hydrogen-bond donors (Lipinski definition) is 2. The number of nitrogens with one attached hydrogen (secondary N) is 1. The third-order valence-corrected chi connectivity index (χ3v) is 2.39. The Kier molecular flexibility index (Phi) is 3.76. The molecule has 0 saturated carbocycles. The smallest absolute Gasteiger partial charge is 0.187 e. The summed E-state index contributed by atoms with van der Waals surface area (Å²) >= 11 is 0. The van der Waals surface area contributed by atoms with E-state index in [2.05, 4.69) is 5.32 Å². The molecule has 2 rings (SSSR count). The minimum absolute atomic E-state index is 0.0664. The third-order valence-electron chi connectivity index (χ3n) is 2.39. The van der Waals surface area contributed by atoms with Crippen LogP contribution < -0.4 is 5.32 Å². The highest BCUT2D eigenvalue weighted by atomic mass is 16.3. The fourth-order valence-electron chi connectivity index (χ4n) is 1.51. The van der Waals surface area contributed by atoms with Gasteiger partial charge in [0.1, 0.15) is 5.75 Å². The molecule has 0 fully saturated rings. The standard InChI is InChI=1S/C15H13NO2/c17-14-8-4-7-13(11-14)16-10-9-15(18)12-5-2-1-3-6-12/h1-11,16-17H/b10-9-. The maximum Gasteiger partial charge on any atom is 0.187 e.